The fourth-order valence-corrected chi connectivity index (χ4v) is 5.67. The second-order valence-electron chi connectivity index (χ2n) is 8.91. The van der Waals surface area contributed by atoms with Crippen LogP contribution >= 0.6 is 22.9 Å². The van der Waals surface area contributed by atoms with E-state index in [2.05, 4.69) is 4.99 Å². The van der Waals surface area contributed by atoms with Crippen molar-refractivity contribution in [3.63, 3.8) is 0 Å². The fraction of sp³-hybridized carbons (Fsp3) is 0.233. The number of benzene rings is 2. The monoisotopic (exact) mass is 578 g/mol. The second kappa shape index (κ2) is 11.6. The van der Waals surface area contributed by atoms with E-state index in [0.29, 0.717) is 56.2 Å². The van der Waals surface area contributed by atoms with Crippen LogP contribution in [0.3, 0.4) is 0 Å². The lowest BCUT2D eigenvalue weighted by Gasteiger charge is -2.23. The van der Waals surface area contributed by atoms with Crippen molar-refractivity contribution in [1.82, 2.24) is 4.57 Å². The van der Waals surface area contributed by atoms with Gasteiger partial charge in [-0.25, -0.2) is 9.79 Å². The minimum atomic E-state index is -0.776. The van der Waals surface area contributed by atoms with Crippen LogP contribution in [-0.2, 0) is 9.53 Å². The number of hydrogen-bond donors (Lipinski definition) is 0. The Morgan fingerprint density at radius 2 is 1.88 bits per heavy atom. The topological polar surface area (TPSA) is 92.3 Å². The number of aromatic nitrogens is 1. The zero-order valence-electron chi connectivity index (χ0n) is 22.4. The highest BCUT2D eigenvalue weighted by atomic mass is 35.5. The number of thiazole rings is 1. The highest BCUT2D eigenvalue weighted by molar-refractivity contribution is 7.07. The van der Waals surface area contributed by atoms with Crippen LogP contribution in [0.2, 0.25) is 5.02 Å². The summed E-state index contributed by atoms with van der Waals surface area (Å²) in [5.41, 5.74) is 2.46. The van der Waals surface area contributed by atoms with E-state index in [9.17, 15) is 9.59 Å². The van der Waals surface area contributed by atoms with Gasteiger partial charge in [-0.1, -0.05) is 35.1 Å². The van der Waals surface area contributed by atoms with Gasteiger partial charge in [-0.2, -0.15) is 0 Å². The highest BCUT2D eigenvalue weighted by Gasteiger charge is 2.31. The van der Waals surface area contributed by atoms with Crippen LogP contribution in [0, 0.1) is 6.92 Å². The smallest absolute Gasteiger partial charge is 0.337 e. The van der Waals surface area contributed by atoms with Crippen molar-refractivity contribution < 1.29 is 23.4 Å². The molecule has 0 N–H and O–H groups in total. The van der Waals surface area contributed by atoms with Crippen molar-refractivity contribution in [1.29, 1.82) is 0 Å². The molecule has 0 unspecified atom stereocenters. The molecule has 0 fully saturated rings. The van der Waals surface area contributed by atoms with Gasteiger partial charge in [0.2, 0.25) is 0 Å². The summed E-state index contributed by atoms with van der Waals surface area (Å²) < 4.78 is 24.5. The van der Waals surface area contributed by atoms with E-state index >= 15 is 0 Å². The molecule has 1 aliphatic heterocycles. The van der Waals surface area contributed by atoms with Gasteiger partial charge in [0.15, 0.2) is 16.3 Å². The van der Waals surface area contributed by atoms with Crippen molar-refractivity contribution in [2.75, 3.05) is 20.3 Å². The molecule has 2 aromatic heterocycles. The van der Waals surface area contributed by atoms with E-state index in [-0.39, 0.29) is 11.1 Å². The Labute approximate surface area is 239 Å². The van der Waals surface area contributed by atoms with E-state index in [1.54, 1.807) is 24.3 Å². The molecule has 5 rings (SSSR count). The Morgan fingerprint density at radius 3 is 2.62 bits per heavy atom. The Hall–Kier alpha value is -4.08. The first-order valence-electron chi connectivity index (χ1n) is 12.7. The summed E-state index contributed by atoms with van der Waals surface area (Å²) in [6, 6.07) is 13.8. The van der Waals surface area contributed by atoms with Gasteiger partial charge in [0.05, 0.1) is 36.5 Å². The Kier molecular flexibility index (Phi) is 7.95. The molecule has 206 valence electrons. The van der Waals surface area contributed by atoms with Crippen LogP contribution in [0.1, 0.15) is 36.8 Å². The zero-order valence-corrected chi connectivity index (χ0v) is 24.0. The SMILES string of the molecule is CCOc1ccc([C@@H]2C(C(=O)OC)=CN=c3s/c(=C/c4ccc(-c5cc(Cl)ccc5C)o4)c(=O)n32)cc1OCC. The molecule has 0 aliphatic carbocycles. The minimum Gasteiger partial charge on any atom is -0.490 e. The average molecular weight is 579 g/mol. The summed E-state index contributed by atoms with van der Waals surface area (Å²) in [5, 5.41) is 0.607. The van der Waals surface area contributed by atoms with Crippen LogP contribution in [0.25, 0.3) is 17.4 Å². The number of aryl methyl sites for hydroxylation is 1. The fourth-order valence-electron chi connectivity index (χ4n) is 4.55. The molecule has 4 aromatic rings. The van der Waals surface area contributed by atoms with Crippen LogP contribution in [0.4, 0.5) is 0 Å². The standard InChI is InChI=1S/C30H27ClN2O6S/c1-5-37-24-11-8-18(13-25(24)38-6-2)27-22(29(35)36-4)16-32-30-33(27)28(34)26(40-30)15-20-10-12-23(39-20)21-14-19(31)9-7-17(21)3/h7-16,27H,5-6H2,1-4H3/b26-15+/t27-/m1/s1. The van der Waals surface area contributed by atoms with Gasteiger partial charge in [0, 0.05) is 22.9 Å². The zero-order chi connectivity index (χ0) is 28.4. The summed E-state index contributed by atoms with van der Waals surface area (Å²) >= 11 is 7.39. The predicted octanol–water partition coefficient (Wildman–Crippen LogP) is 5.04. The number of hydrogen-bond acceptors (Lipinski definition) is 8. The number of nitrogens with zero attached hydrogens (tertiary/aromatic N) is 2. The maximum atomic E-state index is 13.8. The molecular weight excluding hydrogens is 552 g/mol. The number of rotatable bonds is 8. The molecule has 0 bridgehead atoms. The molecule has 0 saturated carbocycles. The Bertz CT molecular complexity index is 1800. The maximum absolute atomic E-state index is 13.8. The van der Waals surface area contributed by atoms with Crippen molar-refractivity contribution in [3.05, 3.63) is 102 Å². The third kappa shape index (κ3) is 5.22. The minimum absolute atomic E-state index is 0.227. The number of carbonyl (C=O) groups is 1. The number of fused-ring (bicyclic) bond motifs is 1. The number of furan rings is 1. The van der Waals surface area contributed by atoms with Gasteiger partial charge < -0.3 is 18.6 Å². The number of carbonyl (C=O) groups excluding carboxylic acids is 1. The summed E-state index contributed by atoms with van der Waals surface area (Å²) in [4.78, 5) is 31.5. The third-order valence-electron chi connectivity index (χ3n) is 6.37. The van der Waals surface area contributed by atoms with Gasteiger partial charge in [0.25, 0.3) is 5.56 Å². The summed E-state index contributed by atoms with van der Waals surface area (Å²) in [7, 11) is 1.30. The third-order valence-corrected chi connectivity index (χ3v) is 7.61. The number of esters is 1. The van der Waals surface area contributed by atoms with Crippen LogP contribution in [-0.4, -0.2) is 30.9 Å². The lowest BCUT2D eigenvalue weighted by molar-refractivity contribution is -0.136. The van der Waals surface area contributed by atoms with E-state index in [0.717, 1.165) is 11.1 Å². The van der Waals surface area contributed by atoms with Crippen LogP contribution < -0.4 is 24.4 Å². The summed E-state index contributed by atoms with van der Waals surface area (Å²) in [6.45, 7) is 6.62. The van der Waals surface area contributed by atoms with Gasteiger partial charge in [-0.05, 0) is 68.3 Å². The van der Waals surface area contributed by atoms with Gasteiger partial charge in [-0.3, -0.25) is 9.36 Å². The molecule has 40 heavy (non-hydrogen) atoms. The summed E-state index contributed by atoms with van der Waals surface area (Å²) in [5.74, 6) is 1.66. The molecule has 3 heterocycles. The van der Waals surface area contributed by atoms with Gasteiger partial charge in [0.1, 0.15) is 11.5 Å². The molecule has 2 aromatic carbocycles. The van der Waals surface area contributed by atoms with Crippen molar-refractivity contribution in [2.24, 2.45) is 4.99 Å². The molecular formula is C30H27ClN2O6S. The van der Waals surface area contributed by atoms with E-state index in [1.165, 1.54) is 29.2 Å². The molecule has 0 amide bonds. The molecule has 0 saturated heterocycles. The second-order valence-corrected chi connectivity index (χ2v) is 10.4. The average Bonchev–Trinajstić information content (AvgIpc) is 3.54. The molecule has 8 nitrogen and oxygen atoms in total. The Balaban J connectivity index is 1.62. The molecule has 1 atom stereocenters. The largest absolute Gasteiger partial charge is 0.490 e. The molecule has 1 aliphatic rings. The van der Waals surface area contributed by atoms with E-state index in [1.807, 2.05) is 51.1 Å². The van der Waals surface area contributed by atoms with Crippen molar-refractivity contribution in [2.45, 2.75) is 26.8 Å². The first-order valence-corrected chi connectivity index (χ1v) is 13.9. The normalized spacial score (nSPS) is 14.8. The first-order chi connectivity index (χ1) is 19.3. The highest BCUT2D eigenvalue weighted by Crippen LogP contribution is 2.35. The number of halogens is 1. The lowest BCUT2D eigenvalue weighted by atomic mass is 9.97. The molecule has 0 spiro atoms. The lowest BCUT2D eigenvalue weighted by Crippen LogP contribution is -2.39. The maximum Gasteiger partial charge on any atom is 0.337 e. The van der Waals surface area contributed by atoms with Crippen LogP contribution in [0.15, 0.2) is 74.5 Å². The first kappa shape index (κ1) is 27.5. The number of methoxy groups -OCH3 is 1. The quantitative estimate of drug-likeness (QED) is 0.272. The van der Waals surface area contributed by atoms with Crippen molar-refractivity contribution >= 4 is 35.0 Å². The summed E-state index contributed by atoms with van der Waals surface area (Å²) in [6.07, 6.45) is 3.13. The predicted molar refractivity (Wildman–Crippen MR) is 154 cm³/mol. The van der Waals surface area contributed by atoms with Crippen molar-refractivity contribution in [3.8, 4) is 22.8 Å². The van der Waals surface area contributed by atoms with Gasteiger partial charge >= 0.3 is 5.97 Å². The molecule has 0 radical (unpaired) electrons. The van der Waals surface area contributed by atoms with Crippen LogP contribution in [0.5, 0.6) is 11.5 Å². The Morgan fingerprint density at radius 1 is 1.10 bits per heavy atom. The van der Waals surface area contributed by atoms with E-state index < -0.39 is 12.0 Å². The van der Waals surface area contributed by atoms with E-state index in [4.69, 9.17) is 30.2 Å². The molecule has 10 heteroatoms. The van der Waals surface area contributed by atoms with Gasteiger partial charge in [-0.15, -0.1) is 0 Å². The number of ether oxygens (including phenoxy) is 3.